The molecule has 17 heavy (non-hydrogen) atoms. The highest BCUT2D eigenvalue weighted by Crippen LogP contribution is 2.33. The molecule has 0 radical (unpaired) electrons. The normalized spacial score (nSPS) is 17.8. The van der Waals surface area contributed by atoms with E-state index in [9.17, 15) is 10.1 Å². The van der Waals surface area contributed by atoms with E-state index in [1.807, 2.05) is 18.2 Å². The molecule has 0 aromatic heterocycles. The first kappa shape index (κ1) is 11.1. The van der Waals surface area contributed by atoms with E-state index in [-0.39, 0.29) is 5.84 Å². The van der Waals surface area contributed by atoms with E-state index >= 15 is 0 Å². The van der Waals surface area contributed by atoms with Crippen molar-refractivity contribution in [2.24, 2.45) is 4.99 Å². The van der Waals surface area contributed by atoms with Crippen LogP contribution in [0.25, 0.3) is 0 Å². The first-order valence-electron chi connectivity index (χ1n) is 5.07. The molecule has 0 unspecified atom stereocenters. The maximum Gasteiger partial charge on any atom is 0.373 e. The molecule has 86 valence electrons. The molecular weight excluding hydrogens is 218 g/mol. The van der Waals surface area contributed by atoms with Crippen molar-refractivity contribution >= 4 is 17.5 Å². The van der Waals surface area contributed by atoms with E-state index in [1.165, 1.54) is 12.0 Å². The number of nitrogens with zero attached hydrogens (tertiary/aromatic N) is 3. The summed E-state index contributed by atoms with van der Waals surface area (Å²) >= 11 is 0. The Hall–Kier alpha value is -2.35. The van der Waals surface area contributed by atoms with Crippen LogP contribution in [0.5, 0.6) is 0 Å². The van der Waals surface area contributed by atoms with Crippen molar-refractivity contribution in [3.8, 4) is 6.07 Å². The molecule has 1 aromatic carbocycles. The minimum atomic E-state index is -0.540. The van der Waals surface area contributed by atoms with Gasteiger partial charge in [-0.3, -0.25) is 0 Å². The highest BCUT2D eigenvalue weighted by atomic mass is 16.5. The molecule has 0 amide bonds. The highest BCUT2D eigenvalue weighted by molar-refractivity contribution is 6.36. The standard InChI is InChI=1S/C12H11N3O2/c1-15-10(7-13)8-5-3-4-6-9(8)14-11(15)12(16)17-2/h3-6,10H,1-2H3/t10-/m1/s1. The van der Waals surface area contributed by atoms with Crippen LogP contribution < -0.4 is 0 Å². The largest absolute Gasteiger partial charge is 0.463 e. The zero-order chi connectivity index (χ0) is 12.4. The molecule has 1 aromatic rings. The van der Waals surface area contributed by atoms with Crippen LogP contribution in [0.15, 0.2) is 29.3 Å². The van der Waals surface area contributed by atoms with Gasteiger partial charge in [0, 0.05) is 12.6 Å². The SMILES string of the molecule is COC(=O)C1=Nc2ccccc2[C@@H](C#N)N1C. The lowest BCUT2D eigenvalue weighted by molar-refractivity contribution is -0.133. The molecule has 1 aliphatic rings. The topological polar surface area (TPSA) is 65.7 Å². The molecule has 1 atom stereocenters. The Morgan fingerprint density at radius 2 is 2.24 bits per heavy atom. The molecule has 2 rings (SSSR count). The van der Waals surface area contributed by atoms with Gasteiger partial charge < -0.3 is 9.64 Å². The monoisotopic (exact) mass is 229 g/mol. The fourth-order valence-corrected chi connectivity index (χ4v) is 1.78. The minimum absolute atomic E-state index is 0.151. The fraction of sp³-hybridized carbons (Fsp3) is 0.250. The number of fused-ring (bicyclic) bond motifs is 1. The van der Waals surface area contributed by atoms with Crippen LogP contribution in [0.4, 0.5) is 5.69 Å². The summed E-state index contributed by atoms with van der Waals surface area (Å²) in [5.41, 5.74) is 1.43. The number of para-hydroxylation sites is 1. The molecule has 0 aliphatic carbocycles. The van der Waals surface area contributed by atoms with Gasteiger partial charge in [0.25, 0.3) is 0 Å². The Kier molecular flexibility index (Phi) is 2.79. The first-order chi connectivity index (χ1) is 8.19. The Bertz CT molecular complexity index is 531. The number of esters is 1. The molecule has 1 heterocycles. The van der Waals surface area contributed by atoms with Crippen molar-refractivity contribution in [2.75, 3.05) is 14.2 Å². The van der Waals surface area contributed by atoms with Crippen molar-refractivity contribution in [3.05, 3.63) is 29.8 Å². The lowest BCUT2D eigenvalue weighted by Gasteiger charge is -2.29. The van der Waals surface area contributed by atoms with Crippen molar-refractivity contribution in [3.63, 3.8) is 0 Å². The summed E-state index contributed by atoms with van der Waals surface area (Å²) in [7, 11) is 2.94. The summed E-state index contributed by atoms with van der Waals surface area (Å²) < 4.78 is 4.65. The van der Waals surface area contributed by atoms with E-state index in [0.29, 0.717) is 5.69 Å². The van der Waals surface area contributed by atoms with Gasteiger partial charge in [0.2, 0.25) is 5.84 Å². The molecule has 5 nitrogen and oxygen atoms in total. The highest BCUT2D eigenvalue weighted by Gasteiger charge is 2.31. The van der Waals surface area contributed by atoms with E-state index < -0.39 is 12.0 Å². The molecule has 0 fully saturated rings. The number of ether oxygens (including phenoxy) is 1. The zero-order valence-electron chi connectivity index (χ0n) is 9.54. The van der Waals surface area contributed by atoms with Crippen LogP contribution in [-0.2, 0) is 9.53 Å². The van der Waals surface area contributed by atoms with Gasteiger partial charge >= 0.3 is 5.97 Å². The molecule has 0 spiro atoms. The van der Waals surface area contributed by atoms with Crippen LogP contribution >= 0.6 is 0 Å². The van der Waals surface area contributed by atoms with Gasteiger partial charge in [-0.2, -0.15) is 5.26 Å². The van der Waals surface area contributed by atoms with Gasteiger partial charge in [0.05, 0.1) is 18.9 Å². The third-order valence-electron chi connectivity index (χ3n) is 2.67. The number of carbonyl (C=O) groups excluding carboxylic acids is 1. The number of rotatable bonds is 1. The van der Waals surface area contributed by atoms with Crippen LogP contribution in [0.3, 0.4) is 0 Å². The van der Waals surface area contributed by atoms with Gasteiger partial charge in [-0.15, -0.1) is 0 Å². The van der Waals surface area contributed by atoms with Crippen molar-refractivity contribution < 1.29 is 9.53 Å². The molecule has 0 N–H and O–H groups in total. The third kappa shape index (κ3) is 1.74. The quantitative estimate of drug-likeness (QED) is 0.683. The average molecular weight is 229 g/mol. The van der Waals surface area contributed by atoms with Gasteiger partial charge in [0.15, 0.2) is 0 Å². The van der Waals surface area contributed by atoms with Crippen LogP contribution in [0.2, 0.25) is 0 Å². The summed E-state index contributed by atoms with van der Waals surface area (Å²) in [4.78, 5) is 17.3. The number of likely N-dealkylation sites (N-methyl/N-ethyl adjacent to an activating group) is 1. The number of hydrogen-bond donors (Lipinski definition) is 0. The lowest BCUT2D eigenvalue weighted by atomic mass is 10.0. The number of amidine groups is 1. The van der Waals surface area contributed by atoms with Gasteiger partial charge in [-0.25, -0.2) is 9.79 Å². The molecule has 1 aliphatic heterocycles. The predicted octanol–water partition coefficient (Wildman–Crippen LogP) is 1.40. The fourth-order valence-electron chi connectivity index (χ4n) is 1.78. The lowest BCUT2D eigenvalue weighted by Crippen LogP contribution is -2.38. The average Bonchev–Trinajstić information content (AvgIpc) is 2.37. The zero-order valence-corrected chi connectivity index (χ0v) is 9.54. The minimum Gasteiger partial charge on any atom is -0.463 e. The summed E-state index contributed by atoms with van der Waals surface area (Å²) in [6.45, 7) is 0. The maximum atomic E-state index is 11.5. The second-order valence-corrected chi connectivity index (χ2v) is 3.63. The predicted molar refractivity (Wildman–Crippen MR) is 61.7 cm³/mol. The van der Waals surface area contributed by atoms with Gasteiger partial charge in [-0.05, 0) is 6.07 Å². The molecule has 0 saturated carbocycles. The number of hydrogen-bond acceptors (Lipinski definition) is 5. The van der Waals surface area contributed by atoms with Crippen LogP contribution in [0.1, 0.15) is 11.6 Å². The smallest absolute Gasteiger partial charge is 0.373 e. The van der Waals surface area contributed by atoms with Crippen LogP contribution in [-0.4, -0.2) is 30.9 Å². The van der Waals surface area contributed by atoms with Gasteiger partial charge in [0.1, 0.15) is 6.04 Å². The Labute approximate surface area is 98.9 Å². The third-order valence-corrected chi connectivity index (χ3v) is 2.67. The molecule has 5 heteroatoms. The van der Waals surface area contributed by atoms with Crippen LogP contribution in [0, 0.1) is 11.3 Å². The molecule has 0 bridgehead atoms. The Morgan fingerprint density at radius 3 is 2.88 bits per heavy atom. The van der Waals surface area contributed by atoms with Gasteiger partial charge in [-0.1, -0.05) is 18.2 Å². The van der Waals surface area contributed by atoms with E-state index in [1.54, 1.807) is 13.1 Å². The van der Waals surface area contributed by atoms with E-state index in [0.717, 1.165) is 5.56 Å². The number of methoxy groups -OCH3 is 1. The molecular formula is C12H11N3O2. The number of benzene rings is 1. The summed E-state index contributed by atoms with van der Waals surface area (Å²) in [5.74, 6) is -0.389. The first-order valence-corrected chi connectivity index (χ1v) is 5.07. The summed E-state index contributed by atoms with van der Waals surface area (Å²) in [6, 6.07) is 8.90. The second kappa shape index (κ2) is 4.26. The van der Waals surface area contributed by atoms with E-state index in [4.69, 9.17) is 0 Å². The molecule has 0 saturated heterocycles. The number of carbonyl (C=O) groups is 1. The van der Waals surface area contributed by atoms with Crippen molar-refractivity contribution in [1.29, 1.82) is 5.26 Å². The van der Waals surface area contributed by atoms with Crippen molar-refractivity contribution in [2.45, 2.75) is 6.04 Å². The van der Waals surface area contributed by atoms with Crippen molar-refractivity contribution in [1.82, 2.24) is 4.90 Å². The summed E-state index contributed by atoms with van der Waals surface area (Å²) in [6.07, 6.45) is 0. The second-order valence-electron chi connectivity index (χ2n) is 3.63. The maximum absolute atomic E-state index is 11.5. The number of nitriles is 1. The number of aliphatic imine (C=N–C) groups is 1. The Balaban J connectivity index is 2.56. The Morgan fingerprint density at radius 1 is 1.53 bits per heavy atom. The van der Waals surface area contributed by atoms with E-state index in [2.05, 4.69) is 15.8 Å². The summed E-state index contributed by atoms with van der Waals surface area (Å²) in [5, 5.41) is 9.18.